The standard InChI is InChI=1S/C12H13F3N2O2.ClH/c13-8-4-7(9(14)11(18)10(8)15)12(19)17-5-6-2-1-3-16-6;/h4,6,16,18H,1-3,5H2,(H,17,19);1H. The molecule has 112 valence electrons. The zero-order chi connectivity index (χ0) is 14.0. The number of rotatable bonds is 3. The average Bonchev–Trinajstić information content (AvgIpc) is 2.91. The van der Waals surface area contributed by atoms with E-state index in [-0.39, 0.29) is 25.0 Å². The van der Waals surface area contributed by atoms with Crippen LogP contribution in [0, 0.1) is 17.5 Å². The number of benzene rings is 1. The quantitative estimate of drug-likeness (QED) is 0.745. The van der Waals surface area contributed by atoms with Gasteiger partial charge in [-0.2, -0.15) is 4.39 Å². The Bertz CT molecular complexity index is 508. The highest BCUT2D eigenvalue weighted by Crippen LogP contribution is 2.25. The Morgan fingerprint density at radius 2 is 2.10 bits per heavy atom. The minimum atomic E-state index is -1.70. The second-order valence-corrected chi connectivity index (χ2v) is 4.39. The summed E-state index contributed by atoms with van der Waals surface area (Å²) in [7, 11) is 0. The molecule has 1 aliphatic heterocycles. The summed E-state index contributed by atoms with van der Waals surface area (Å²) in [4.78, 5) is 11.7. The van der Waals surface area contributed by atoms with Crippen molar-refractivity contribution in [1.82, 2.24) is 10.6 Å². The van der Waals surface area contributed by atoms with Crippen LogP contribution in [0.2, 0.25) is 0 Å². The van der Waals surface area contributed by atoms with E-state index in [9.17, 15) is 18.0 Å². The number of nitrogens with one attached hydrogen (secondary N) is 2. The first-order valence-corrected chi connectivity index (χ1v) is 5.88. The number of carbonyl (C=O) groups excluding carboxylic acids is 1. The van der Waals surface area contributed by atoms with Gasteiger partial charge in [0.05, 0.1) is 5.56 Å². The highest BCUT2D eigenvalue weighted by Gasteiger charge is 2.23. The molecule has 0 spiro atoms. The minimum absolute atomic E-state index is 0. The van der Waals surface area contributed by atoms with E-state index in [1.54, 1.807) is 0 Å². The van der Waals surface area contributed by atoms with Crippen molar-refractivity contribution >= 4 is 18.3 Å². The van der Waals surface area contributed by atoms with E-state index in [1.165, 1.54) is 0 Å². The van der Waals surface area contributed by atoms with E-state index in [2.05, 4.69) is 10.6 Å². The highest BCUT2D eigenvalue weighted by atomic mass is 35.5. The van der Waals surface area contributed by atoms with Crippen LogP contribution >= 0.6 is 12.4 Å². The van der Waals surface area contributed by atoms with Crippen LogP contribution in [0.4, 0.5) is 13.2 Å². The molecule has 20 heavy (non-hydrogen) atoms. The van der Waals surface area contributed by atoms with Gasteiger partial charge in [-0.3, -0.25) is 4.79 Å². The molecule has 1 amide bonds. The second-order valence-electron chi connectivity index (χ2n) is 4.39. The summed E-state index contributed by atoms with van der Waals surface area (Å²) in [5, 5.41) is 14.5. The normalized spacial score (nSPS) is 17.6. The number of phenols is 1. The summed E-state index contributed by atoms with van der Waals surface area (Å²) in [6.45, 7) is 1.11. The molecule has 1 saturated heterocycles. The number of halogens is 4. The molecule has 2 rings (SSSR count). The van der Waals surface area contributed by atoms with Crippen LogP contribution < -0.4 is 10.6 Å². The molecule has 1 aliphatic rings. The van der Waals surface area contributed by atoms with Gasteiger partial charge in [0.25, 0.3) is 5.91 Å². The first kappa shape index (κ1) is 16.6. The lowest BCUT2D eigenvalue weighted by Gasteiger charge is -2.12. The van der Waals surface area contributed by atoms with Crippen molar-refractivity contribution in [3.63, 3.8) is 0 Å². The molecule has 4 nitrogen and oxygen atoms in total. The van der Waals surface area contributed by atoms with Crippen molar-refractivity contribution < 1.29 is 23.1 Å². The van der Waals surface area contributed by atoms with Crippen LogP contribution in [0.1, 0.15) is 23.2 Å². The van der Waals surface area contributed by atoms with Gasteiger partial charge in [-0.25, -0.2) is 8.78 Å². The molecule has 1 atom stereocenters. The van der Waals surface area contributed by atoms with E-state index in [0.717, 1.165) is 19.4 Å². The molecule has 0 bridgehead atoms. The van der Waals surface area contributed by atoms with Crippen molar-refractivity contribution in [3.8, 4) is 5.75 Å². The van der Waals surface area contributed by atoms with Crippen LogP contribution in [-0.4, -0.2) is 30.1 Å². The predicted molar refractivity (Wildman–Crippen MR) is 68.6 cm³/mol. The van der Waals surface area contributed by atoms with Crippen molar-refractivity contribution in [3.05, 3.63) is 29.1 Å². The first-order chi connectivity index (χ1) is 9.00. The van der Waals surface area contributed by atoms with Crippen molar-refractivity contribution in [2.75, 3.05) is 13.1 Å². The minimum Gasteiger partial charge on any atom is -0.503 e. The van der Waals surface area contributed by atoms with Gasteiger partial charge in [-0.15, -0.1) is 12.4 Å². The van der Waals surface area contributed by atoms with E-state index < -0.39 is 34.7 Å². The Morgan fingerprint density at radius 1 is 1.40 bits per heavy atom. The zero-order valence-electron chi connectivity index (χ0n) is 10.4. The molecule has 8 heteroatoms. The van der Waals surface area contributed by atoms with Crippen LogP contribution in [0.5, 0.6) is 5.75 Å². The summed E-state index contributed by atoms with van der Waals surface area (Å²) < 4.78 is 39.3. The Hall–Kier alpha value is -1.47. The van der Waals surface area contributed by atoms with Gasteiger partial charge < -0.3 is 15.7 Å². The fourth-order valence-corrected chi connectivity index (χ4v) is 2.00. The Kier molecular flexibility index (Phi) is 5.64. The number of hydrogen-bond acceptors (Lipinski definition) is 3. The summed E-state index contributed by atoms with van der Waals surface area (Å²) in [6.07, 6.45) is 1.87. The molecular weight excluding hydrogens is 297 g/mol. The number of amides is 1. The van der Waals surface area contributed by atoms with Gasteiger partial charge in [0.2, 0.25) is 5.82 Å². The smallest absolute Gasteiger partial charge is 0.254 e. The summed E-state index contributed by atoms with van der Waals surface area (Å²) in [5.41, 5.74) is -0.714. The Balaban J connectivity index is 0.00000200. The van der Waals surface area contributed by atoms with E-state index in [0.29, 0.717) is 6.07 Å². The zero-order valence-corrected chi connectivity index (χ0v) is 11.2. The third-order valence-corrected chi connectivity index (χ3v) is 3.05. The fourth-order valence-electron chi connectivity index (χ4n) is 2.00. The lowest BCUT2D eigenvalue weighted by atomic mass is 10.1. The summed E-state index contributed by atoms with van der Waals surface area (Å²) in [5.74, 6) is -7.00. The number of carbonyl (C=O) groups is 1. The van der Waals surface area contributed by atoms with E-state index in [4.69, 9.17) is 5.11 Å². The Labute approximate surface area is 119 Å². The molecule has 1 aromatic carbocycles. The van der Waals surface area contributed by atoms with Crippen molar-refractivity contribution in [2.24, 2.45) is 0 Å². The lowest BCUT2D eigenvalue weighted by molar-refractivity contribution is 0.0944. The van der Waals surface area contributed by atoms with Crippen molar-refractivity contribution in [2.45, 2.75) is 18.9 Å². The third-order valence-electron chi connectivity index (χ3n) is 3.05. The molecule has 3 N–H and O–H groups in total. The topological polar surface area (TPSA) is 61.4 Å². The maximum absolute atomic E-state index is 13.5. The molecule has 1 aromatic rings. The highest BCUT2D eigenvalue weighted by molar-refractivity contribution is 5.95. The molecule has 1 fully saturated rings. The van der Waals surface area contributed by atoms with Gasteiger partial charge >= 0.3 is 0 Å². The van der Waals surface area contributed by atoms with Gasteiger partial charge in [0.1, 0.15) is 0 Å². The SMILES string of the molecule is Cl.O=C(NCC1CCCN1)c1cc(F)c(F)c(O)c1F. The molecular formula is C12H14ClF3N2O2. The molecule has 1 heterocycles. The van der Waals surface area contributed by atoms with Crippen LogP contribution in [0.25, 0.3) is 0 Å². The number of phenolic OH excluding ortho intramolecular Hbond substituents is 1. The number of aromatic hydroxyl groups is 1. The van der Waals surface area contributed by atoms with E-state index in [1.807, 2.05) is 0 Å². The summed E-state index contributed by atoms with van der Waals surface area (Å²) >= 11 is 0. The van der Waals surface area contributed by atoms with Crippen molar-refractivity contribution in [1.29, 1.82) is 0 Å². The van der Waals surface area contributed by atoms with Gasteiger partial charge in [0.15, 0.2) is 17.4 Å². The van der Waals surface area contributed by atoms with Gasteiger partial charge in [-0.1, -0.05) is 0 Å². The maximum atomic E-state index is 13.5. The van der Waals surface area contributed by atoms with Crippen LogP contribution in [-0.2, 0) is 0 Å². The molecule has 0 aromatic heterocycles. The second kappa shape index (κ2) is 6.81. The molecule has 0 saturated carbocycles. The maximum Gasteiger partial charge on any atom is 0.254 e. The first-order valence-electron chi connectivity index (χ1n) is 5.88. The third kappa shape index (κ3) is 3.34. The van der Waals surface area contributed by atoms with Crippen LogP contribution in [0.3, 0.4) is 0 Å². The molecule has 0 aliphatic carbocycles. The Morgan fingerprint density at radius 3 is 2.70 bits per heavy atom. The monoisotopic (exact) mass is 310 g/mol. The van der Waals surface area contributed by atoms with E-state index >= 15 is 0 Å². The lowest BCUT2D eigenvalue weighted by Crippen LogP contribution is -2.37. The largest absolute Gasteiger partial charge is 0.503 e. The fraction of sp³-hybridized carbons (Fsp3) is 0.417. The average molecular weight is 311 g/mol. The number of hydrogen-bond donors (Lipinski definition) is 3. The summed E-state index contributed by atoms with van der Waals surface area (Å²) in [6, 6.07) is 0.521. The van der Waals surface area contributed by atoms with Gasteiger partial charge in [0, 0.05) is 12.6 Å². The van der Waals surface area contributed by atoms with Gasteiger partial charge in [-0.05, 0) is 25.5 Å². The molecule has 1 unspecified atom stereocenters. The predicted octanol–water partition coefficient (Wildman–Crippen LogP) is 1.71. The molecule has 0 radical (unpaired) electrons. The van der Waals surface area contributed by atoms with Crippen LogP contribution in [0.15, 0.2) is 6.07 Å².